The molecule has 3 atom stereocenters. The topological polar surface area (TPSA) is 35.9 Å². The van der Waals surface area contributed by atoms with Crippen molar-refractivity contribution in [2.45, 2.75) is 44.8 Å². The van der Waals surface area contributed by atoms with Crippen molar-refractivity contribution in [2.75, 3.05) is 16.5 Å². The lowest BCUT2D eigenvalue weighted by molar-refractivity contribution is -0.137. The van der Waals surface area contributed by atoms with Gasteiger partial charge in [-0.05, 0) is 80.0 Å². The molecule has 0 saturated carbocycles. The first kappa shape index (κ1) is 23.8. The van der Waals surface area contributed by atoms with Crippen molar-refractivity contribution in [3.63, 3.8) is 0 Å². The smallest absolute Gasteiger partial charge is 0.367 e. The van der Waals surface area contributed by atoms with Crippen molar-refractivity contribution in [3.05, 3.63) is 95.6 Å². The van der Waals surface area contributed by atoms with Crippen LogP contribution in [0, 0.1) is 11.3 Å². The van der Waals surface area contributed by atoms with Gasteiger partial charge < -0.3 is 4.90 Å². The predicted molar refractivity (Wildman–Crippen MR) is 139 cm³/mol. The van der Waals surface area contributed by atoms with Gasteiger partial charge in [-0.25, -0.2) is 0 Å². The average molecular weight is 504 g/mol. The Balaban J connectivity index is 1.43. The number of halogens is 3. The molecule has 6 rings (SSSR count). The van der Waals surface area contributed by atoms with E-state index < -0.39 is 17.2 Å². The summed E-state index contributed by atoms with van der Waals surface area (Å²) in [6.07, 6.45) is -1.64. The van der Waals surface area contributed by atoms with Gasteiger partial charge >= 0.3 is 6.18 Å². The molecule has 0 bridgehead atoms. The molecule has 1 amide bonds. The second-order valence-corrected chi connectivity index (χ2v) is 10.4. The fourth-order valence-corrected chi connectivity index (χ4v) is 6.49. The van der Waals surface area contributed by atoms with Crippen molar-refractivity contribution in [2.24, 2.45) is 16.4 Å². The molecule has 3 aromatic carbocycles. The highest BCUT2D eigenvalue weighted by Gasteiger charge is 2.60. The molecule has 3 aliphatic rings. The standard InChI is InChI=1S/C30H28F3N3O/c1-20-29(28(37)36(34-20)25-10-6-3-7-11-25)19-23-18-24(30(31,32)33)12-13-26(23)35-15-14-22(17-27(29)35)16-21-8-4-2-5-9-21/h2-13,18,22,27H,14-17,19H2,1H3/t22-,27+,29+/m0/s1. The molecular weight excluding hydrogens is 475 g/mol. The Bertz CT molecular complexity index is 1360. The molecule has 3 aliphatic heterocycles. The van der Waals surface area contributed by atoms with Crippen molar-refractivity contribution in [3.8, 4) is 0 Å². The minimum absolute atomic E-state index is 0.158. The SMILES string of the molecule is CC1=NN(c2ccccc2)C(=O)[C@]12Cc1cc(C(F)(F)F)ccc1N1CC[C@@H](Cc3ccccc3)C[C@@H]12. The van der Waals surface area contributed by atoms with Crippen molar-refractivity contribution >= 4 is 23.0 Å². The minimum Gasteiger partial charge on any atom is -0.367 e. The van der Waals surface area contributed by atoms with Crippen molar-refractivity contribution in [1.82, 2.24) is 0 Å². The average Bonchev–Trinajstić information content (AvgIpc) is 3.14. The molecule has 7 heteroatoms. The van der Waals surface area contributed by atoms with Gasteiger partial charge in [-0.1, -0.05) is 48.5 Å². The highest BCUT2D eigenvalue weighted by molar-refractivity contribution is 6.20. The molecule has 0 aromatic heterocycles. The van der Waals surface area contributed by atoms with Crippen LogP contribution >= 0.6 is 0 Å². The van der Waals surface area contributed by atoms with E-state index in [4.69, 9.17) is 5.10 Å². The lowest BCUT2D eigenvalue weighted by Crippen LogP contribution is -2.62. The Morgan fingerprint density at radius 3 is 2.41 bits per heavy atom. The van der Waals surface area contributed by atoms with E-state index in [1.165, 1.54) is 16.6 Å². The van der Waals surface area contributed by atoms with Gasteiger partial charge in [0.2, 0.25) is 0 Å². The molecule has 0 radical (unpaired) electrons. The Morgan fingerprint density at radius 2 is 1.70 bits per heavy atom. The van der Waals surface area contributed by atoms with Crippen LogP contribution in [0.2, 0.25) is 0 Å². The summed E-state index contributed by atoms with van der Waals surface area (Å²) < 4.78 is 40.9. The maximum atomic E-state index is 14.3. The number of carbonyl (C=O) groups excluding carboxylic acids is 1. The van der Waals surface area contributed by atoms with Crippen LogP contribution in [-0.2, 0) is 23.8 Å². The quantitative estimate of drug-likeness (QED) is 0.409. The maximum absolute atomic E-state index is 14.3. The summed E-state index contributed by atoms with van der Waals surface area (Å²) in [7, 11) is 0. The Morgan fingerprint density at radius 1 is 1.00 bits per heavy atom. The first-order valence-electron chi connectivity index (χ1n) is 12.7. The summed E-state index contributed by atoms with van der Waals surface area (Å²) in [5, 5.41) is 6.16. The van der Waals surface area contributed by atoms with Gasteiger partial charge in [0.1, 0.15) is 5.41 Å². The first-order valence-corrected chi connectivity index (χ1v) is 12.7. The van der Waals surface area contributed by atoms with Gasteiger partial charge in [0.05, 0.1) is 17.0 Å². The number of alkyl halides is 3. The molecule has 190 valence electrons. The molecule has 4 nitrogen and oxygen atoms in total. The van der Waals surface area contributed by atoms with Gasteiger partial charge in [-0.15, -0.1) is 0 Å². The van der Waals surface area contributed by atoms with E-state index in [-0.39, 0.29) is 18.4 Å². The third-order valence-corrected chi connectivity index (χ3v) is 8.30. The van der Waals surface area contributed by atoms with Gasteiger partial charge in [-0.2, -0.15) is 23.3 Å². The van der Waals surface area contributed by atoms with Crippen molar-refractivity contribution in [1.29, 1.82) is 0 Å². The summed E-state index contributed by atoms with van der Waals surface area (Å²) in [5.74, 6) is 0.206. The number of rotatable bonds is 3. The van der Waals surface area contributed by atoms with E-state index >= 15 is 0 Å². The fraction of sp³-hybridized carbons (Fsp3) is 0.333. The summed E-state index contributed by atoms with van der Waals surface area (Å²) in [6, 6.07) is 23.4. The number of hydrogen-bond acceptors (Lipinski definition) is 3. The summed E-state index contributed by atoms with van der Waals surface area (Å²) in [5.41, 5.74) is 2.27. The molecule has 1 spiro atoms. The van der Waals surface area contributed by atoms with Crippen LogP contribution in [0.1, 0.15) is 36.5 Å². The number of para-hydroxylation sites is 1. The molecule has 3 aromatic rings. The largest absolute Gasteiger partial charge is 0.416 e. The van der Waals surface area contributed by atoms with Gasteiger partial charge in [-0.3, -0.25) is 4.79 Å². The van der Waals surface area contributed by atoms with Crippen molar-refractivity contribution < 1.29 is 18.0 Å². The van der Waals surface area contributed by atoms with E-state index in [2.05, 4.69) is 17.0 Å². The number of carbonyl (C=O) groups is 1. The monoisotopic (exact) mass is 503 g/mol. The van der Waals surface area contributed by atoms with Crippen LogP contribution < -0.4 is 9.91 Å². The van der Waals surface area contributed by atoms with Crippen LogP contribution in [0.3, 0.4) is 0 Å². The zero-order chi connectivity index (χ0) is 25.8. The number of anilines is 2. The fourth-order valence-electron chi connectivity index (χ4n) is 6.49. The molecule has 1 fully saturated rings. The maximum Gasteiger partial charge on any atom is 0.416 e. The zero-order valence-electron chi connectivity index (χ0n) is 20.6. The highest BCUT2D eigenvalue weighted by atomic mass is 19.4. The molecule has 1 saturated heterocycles. The predicted octanol–water partition coefficient (Wildman–Crippen LogP) is 6.50. The van der Waals surface area contributed by atoms with Crippen LogP contribution in [-0.4, -0.2) is 24.2 Å². The van der Waals surface area contributed by atoms with E-state index in [0.717, 1.165) is 31.0 Å². The number of amides is 1. The van der Waals surface area contributed by atoms with E-state index in [0.29, 0.717) is 29.4 Å². The van der Waals surface area contributed by atoms with E-state index in [9.17, 15) is 18.0 Å². The summed E-state index contributed by atoms with van der Waals surface area (Å²) >= 11 is 0. The van der Waals surface area contributed by atoms with E-state index in [1.54, 1.807) is 6.07 Å². The molecule has 3 heterocycles. The van der Waals surface area contributed by atoms with E-state index in [1.807, 2.05) is 55.5 Å². The third-order valence-electron chi connectivity index (χ3n) is 8.30. The van der Waals surface area contributed by atoms with Crippen LogP contribution in [0.25, 0.3) is 0 Å². The summed E-state index contributed by atoms with van der Waals surface area (Å²) in [4.78, 5) is 16.5. The zero-order valence-corrected chi connectivity index (χ0v) is 20.6. The Hall–Kier alpha value is -3.61. The van der Waals surface area contributed by atoms with Gasteiger partial charge in [0, 0.05) is 18.3 Å². The number of hydrazone groups is 1. The second-order valence-electron chi connectivity index (χ2n) is 10.4. The Kier molecular flexibility index (Phi) is 5.62. The first-order chi connectivity index (χ1) is 17.8. The van der Waals surface area contributed by atoms with Crippen LogP contribution in [0.5, 0.6) is 0 Å². The number of fused-ring (bicyclic) bond motifs is 4. The number of hydrogen-bond donors (Lipinski definition) is 0. The van der Waals surface area contributed by atoms with Crippen LogP contribution in [0.4, 0.5) is 24.5 Å². The minimum atomic E-state index is -4.44. The Labute approximate surface area is 214 Å². The number of nitrogens with zero attached hydrogens (tertiary/aromatic N) is 3. The number of benzene rings is 3. The van der Waals surface area contributed by atoms with Gasteiger partial charge in [0.25, 0.3) is 5.91 Å². The number of piperidine rings is 1. The van der Waals surface area contributed by atoms with Crippen LogP contribution in [0.15, 0.2) is 84.0 Å². The normalized spacial score (nSPS) is 25.2. The second kappa shape index (κ2) is 8.75. The van der Waals surface area contributed by atoms with Gasteiger partial charge in [0.15, 0.2) is 0 Å². The lowest BCUT2D eigenvalue weighted by atomic mass is 9.63. The molecule has 0 N–H and O–H groups in total. The molecule has 0 aliphatic carbocycles. The highest BCUT2D eigenvalue weighted by Crippen LogP contribution is 2.51. The molecular formula is C30H28F3N3O. The third kappa shape index (κ3) is 3.92. The lowest BCUT2D eigenvalue weighted by Gasteiger charge is -2.52. The summed E-state index contributed by atoms with van der Waals surface area (Å²) in [6.45, 7) is 2.55. The molecule has 37 heavy (non-hydrogen) atoms. The molecule has 0 unspecified atom stereocenters.